The molecule has 1 aromatic rings. The van der Waals surface area contributed by atoms with Crippen LogP contribution in [0.2, 0.25) is 0 Å². The first kappa shape index (κ1) is 10.3. The van der Waals surface area contributed by atoms with E-state index in [0.717, 1.165) is 30.9 Å². The van der Waals surface area contributed by atoms with Gasteiger partial charge < -0.3 is 15.4 Å². The van der Waals surface area contributed by atoms with Gasteiger partial charge in [-0.3, -0.25) is 0 Å². The molecule has 0 aromatic carbocycles. The molecule has 2 rings (SSSR count). The van der Waals surface area contributed by atoms with E-state index in [0.29, 0.717) is 12.6 Å². The molecule has 0 bridgehead atoms. The Morgan fingerprint density at radius 3 is 3.20 bits per heavy atom. The molecule has 1 atom stereocenters. The Morgan fingerprint density at radius 2 is 2.53 bits per heavy atom. The number of hydrogen-bond acceptors (Lipinski definition) is 5. The molecule has 1 aromatic heterocycles. The summed E-state index contributed by atoms with van der Waals surface area (Å²) in [6, 6.07) is 1.92. The Labute approximate surface area is 89.2 Å². The Kier molecular flexibility index (Phi) is 3.13. The molecule has 0 aliphatic carbocycles. The van der Waals surface area contributed by atoms with Gasteiger partial charge in [-0.15, -0.1) is 5.10 Å². The fourth-order valence-electron chi connectivity index (χ4n) is 1.89. The van der Waals surface area contributed by atoms with Gasteiger partial charge >= 0.3 is 0 Å². The maximum atomic E-state index is 5.66. The van der Waals surface area contributed by atoms with Gasteiger partial charge in [-0.2, -0.15) is 5.10 Å². The van der Waals surface area contributed by atoms with Crippen LogP contribution in [-0.4, -0.2) is 36.5 Å². The molecule has 5 nitrogen and oxygen atoms in total. The third-order valence-electron chi connectivity index (χ3n) is 2.78. The summed E-state index contributed by atoms with van der Waals surface area (Å²) in [5.41, 5.74) is 6.70. The van der Waals surface area contributed by atoms with Crippen LogP contribution in [0.25, 0.3) is 0 Å². The normalized spacial score (nSPS) is 20.9. The first-order chi connectivity index (χ1) is 7.35. The lowest BCUT2D eigenvalue weighted by Crippen LogP contribution is -2.25. The Morgan fingerprint density at radius 1 is 1.67 bits per heavy atom. The van der Waals surface area contributed by atoms with Gasteiger partial charge in [0.15, 0.2) is 5.82 Å². The molecule has 1 aliphatic rings. The molecular weight excluding hydrogens is 192 g/mol. The highest BCUT2D eigenvalue weighted by Gasteiger charge is 2.24. The van der Waals surface area contributed by atoms with Crippen LogP contribution in [0.4, 0.5) is 5.82 Å². The first-order valence-corrected chi connectivity index (χ1v) is 5.13. The third-order valence-corrected chi connectivity index (χ3v) is 2.78. The maximum Gasteiger partial charge on any atom is 0.155 e. The summed E-state index contributed by atoms with van der Waals surface area (Å²) in [5, 5.41) is 8.04. The van der Waals surface area contributed by atoms with Crippen molar-refractivity contribution in [3.05, 3.63) is 17.8 Å². The van der Waals surface area contributed by atoms with Gasteiger partial charge in [-0.25, -0.2) is 0 Å². The van der Waals surface area contributed by atoms with E-state index in [4.69, 9.17) is 10.5 Å². The Hall–Kier alpha value is -1.20. The summed E-state index contributed by atoms with van der Waals surface area (Å²) in [6.45, 7) is 2.34. The zero-order valence-corrected chi connectivity index (χ0v) is 8.89. The second-order valence-corrected chi connectivity index (χ2v) is 3.68. The van der Waals surface area contributed by atoms with Crippen LogP contribution in [-0.2, 0) is 11.3 Å². The van der Waals surface area contributed by atoms with Gasteiger partial charge in [0, 0.05) is 32.3 Å². The molecule has 1 saturated heterocycles. The quantitative estimate of drug-likeness (QED) is 0.766. The van der Waals surface area contributed by atoms with Crippen LogP contribution >= 0.6 is 0 Å². The molecule has 1 aliphatic heterocycles. The molecule has 1 unspecified atom stereocenters. The molecule has 0 saturated carbocycles. The van der Waals surface area contributed by atoms with Crippen molar-refractivity contribution in [2.75, 3.05) is 25.1 Å². The second-order valence-electron chi connectivity index (χ2n) is 3.68. The minimum Gasteiger partial charge on any atom is -0.380 e. The standard InChI is InChI=1S/C10H16N4O/c1-15-9-3-5-14(7-9)10-8(6-11)2-4-12-13-10/h2,4,9H,3,5-7,11H2,1H3. The van der Waals surface area contributed by atoms with E-state index < -0.39 is 0 Å². The van der Waals surface area contributed by atoms with Gasteiger partial charge in [0.1, 0.15) is 0 Å². The summed E-state index contributed by atoms with van der Waals surface area (Å²) < 4.78 is 5.32. The number of rotatable bonds is 3. The number of nitrogens with zero attached hydrogens (tertiary/aromatic N) is 3. The number of methoxy groups -OCH3 is 1. The van der Waals surface area contributed by atoms with Crippen LogP contribution in [0.3, 0.4) is 0 Å². The van der Waals surface area contributed by atoms with E-state index in [1.54, 1.807) is 13.3 Å². The molecule has 5 heteroatoms. The van der Waals surface area contributed by atoms with Crippen molar-refractivity contribution in [3.8, 4) is 0 Å². The first-order valence-electron chi connectivity index (χ1n) is 5.13. The topological polar surface area (TPSA) is 64.3 Å². The molecule has 0 amide bonds. The van der Waals surface area contributed by atoms with Gasteiger partial charge in [0.2, 0.25) is 0 Å². The lowest BCUT2D eigenvalue weighted by molar-refractivity contribution is 0.121. The molecule has 0 radical (unpaired) electrons. The number of nitrogens with two attached hydrogens (primary N) is 1. The molecule has 2 heterocycles. The van der Waals surface area contributed by atoms with Crippen molar-refractivity contribution >= 4 is 5.82 Å². The summed E-state index contributed by atoms with van der Waals surface area (Å²) in [4.78, 5) is 2.18. The molecule has 2 N–H and O–H groups in total. The van der Waals surface area contributed by atoms with E-state index in [9.17, 15) is 0 Å². The predicted molar refractivity (Wildman–Crippen MR) is 57.6 cm³/mol. The molecule has 82 valence electrons. The third kappa shape index (κ3) is 2.08. The van der Waals surface area contributed by atoms with Crippen molar-refractivity contribution in [2.24, 2.45) is 5.73 Å². The average molecular weight is 208 g/mol. The zero-order chi connectivity index (χ0) is 10.7. The summed E-state index contributed by atoms with van der Waals surface area (Å²) >= 11 is 0. The highest BCUT2D eigenvalue weighted by atomic mass is 16.5. The molecular formula is C10H16N4O. The van der Waals surface area contributed by atoms with Gasteiger partial charge in [-0.1, -0.05) is 0 Å². The lowest BCUT2D eigenvalue weighted by atomic mass is 10.2. The van der Waals surface area contributed by atoms with E-state index in [1.807, 2.05) is 6.07 Å². The second kappa shape index (κ2) is 4.55. The predicted octanol–water partition coefficient (Wildman–Crippen LogP) is 0.160. The maximum absolute atomic E-state index is 5.66. The Balaban J connectivity index is 2.16. The summed E-state index contributed by atoms with van der Waals surface area (Å²) in [5.74, 6) is 0.902. The Bertz CT molecular complexity index is 331. The average Bonchev–Trinajstić information content (AvgIpc) is 2.77. The van der Waals surface area contributed by atoms with Crippen LogP contribution in [0.15, 0.2) is 12.3 Å². The van der Waals surface area contributed by atoms with Crippen molar-refractivity contribution < 1.29 is 4.74 Å². The van der Waals surface area contributed by atoms with E-state index >= 15 is 0 Å². The highest BCUT2D eigenvalue weighted by Crippen LogP contribution is 2.21. The SMILES string of the molecule is COC1CCN(c2nnccc2CN)C1. The number of ether oxygens (including phenoxy) is 1. The van der Waals surface area contributed by atoms with Crippen LogP contribution in [0, 0.1) is 0 Å². The number of hydrogen-bond donors (Lipinski definition) is 1. The van der Waals surface area contributed by atoms with Crippen molar-refractivity contribution in [3.63, 3.8) is 0 Å². The summed E-state index contributed by atoms with van der Waals surface area (Å²) in [6.07, 6.45) is 3.02. The monoisotopic (exact) mass is 208 g/mol. The van der Waals surface area contributed by atoms with E-state index in [-0.39, 0.29) is 0 Å². The molecule has 15 heavy (non-hydrogen) atoms. The van der Waals surface area contributed by atoms with E-state index in [2.05, 4.69) is 15.1 Å². The van der Waals surface area contributed by atoms with Gasteiger partial charge in [0.05, 0.1) is 12.3 Å². The lowest BCUT2D eigenvalue weighted by Gasteiger charge is -2.18. The van der Waals surface area contributed by atoms with E-state index in [1.165, 1.54) is 0 Å². The number of anilines is 1. The van der Waals surface area contributed by atoms with Gasteiger partial charge in [0.25, 0.3) is 0 Å². The minimum absolute atomic E-state index is 0.303. The molecule has 1 fully saturated rings. The van der Waals surface area contributed by atoms with Gasteiger partial charge in [-0.05, 0) is 12.5 Å². The number of aromatic nitrogens is 2. The fraction of sp³-hybridized carbons (Fsp3) is 0.600. The summed E-state index contributed by atoms with van der Waals surface area (Å²) in [7, 11) is 1.74. The smallest absolute Gasteiger partial charge is 0.155 e. The minimum atomic E-state index is 0.303. The largest absolute Gasteiger partial charge is 0.380 e. The van der Waals surface area contributed by atoms with Crippen LogP contribution in [0.1, 0.15) is 12.0 Å². The fourth-order valence-corrected chi connectivity index (χ4v) is 1.89. The zero-order valence-electron chi connectivity index (χ0n) is 8.89. The van der Waals surface area contributed by atoms with Crippen LogP contribution in [0.5, 0.6) is 0 Å². The van der Waals surface area contributed by atoms with Crippen molar-refractivity contribution in [1.82, 2.24) is 10.2 Å². The van der Waals surface area contributed by atoms with Crippen LogP contribution < -0.4 is 10.6 Å². The molecule has 0 spiro atoms. The highest BCUT2D eigenvalue weighted by molar-refractivity contribution is 5.46. The van der Waals surface area contributed by atoms with Crippen molar-refractivity contribution in [1.29, 1.82) is 0 Å². The van der Waals surface area contributed by atoms with Crippen molar-refractivity contribution in [2.45, 2.75) is 19.1 Å².